The van der Waals surface area contributed by atoms with Gasteiger partial charge in [0, 0.05) is 19.3 Å². The third kappa shape index (κ3) is 54.9. The third-order valence-electron chi connectivity index (χ3n) is 12.2. The summed E-state index contributed by atoms with van der Waals surface area (Å²) in [5.74, 6) is -1.58. The molecular weight excluding hydrogens is 976 g/mol. The van der Waals surface area contributed by atoms with E-state index in [9.17, 15) is 28.9 Å². The fourth-order valence-electron chi connectivity index (χ4n) is 7.71. The normalized spacial score (nSPS) is 14.1. The molecule has 0 bridgehead atoms. The van der Waals surface area contributed by atoms with Crippen molar-refractivity contribution in [3.63, 3.8) is 0 Å². The van der Waals surface area contributed by atoms with Gasteiger partial charge in [0.2, 0.25) is 0 Å². The van der Waals surface area contributed by atoms with E-state index in [1.165, 1.54) is 57.8 Å². The van der Waals surface area contributed by atoms with E-state index < -0.39 is 57.8 Å². The second kappa shape index (κ2) is 57.3. The smallest absolute Gasteiger partial charge is 0.462 e. The summed E-state index contributed by atoms with van der Waals surface area (Å²) in [6, 6.07) is 0. The van der Waals surface area contributed by atoms with Gasteiger partial charge in [0.15, 0.2) is 6.10 Å². The number of aliphatic hydroxyl groups excluding tert-OH is 1. The summed E-state index contributed by atoms with van der Waals surface area (Å²) in [7, 11) is -4.77. The highest BCUT2D eigenvalue weighted by molar-refractivity contribution is 7.47. The molecule has 0 saturated heterocycles. The van der Waals surface area contributed by atoms with Crippen LogP contribution in [0.25, 0.3) is 0 Å². The van der Waals surface area contributed by atoms with Gasteiger partial charge in [-0.2, -0.15) is 0 Å². The van der Waals surface area contributed by atoms with E-state index >= 15 is 0 Å². The third-order valence-corrected chi connectivity index (χ3v) is 13.1. The first kappa shape index (κ1) is 72.1. The van der Waals surface area contributed by atoms with Crippen LogP contribution in [0.3, 0.4) is 0 Å². The average molecular weight is 1080 g/mol. The highest BCUT2D eigenvalue weighted by Crippen LogP contribution is 2.43. The molecule has 12 heteroatoms. The Balaban J connectivity index is 4.76. The molecule has 0 aromatic rings. The first-order valence-electron chi connectivity index (χ1n) is 29.8. The Morgan fingerprint density at radius 3 is 1.11 bits per heavy atom. The molecule has 11 nitrogen and oxygen atoms in total. The molecular formula is C64H107O11P. The quantitative estimate of drug-likeness (QED) is 0.0197. The molecule has 2 N–H and O–H groups in total. The first-order valence-corrected chi connectivity index (χ1v) is 31.3. The largest absolute Gasteiger partial charge is 0.472 e. The maximum atomic E-state index is 12.9. The van der Waals surface area contributed by atoms with Gasteiger partial charge in [0.1, 0.15) is 12.7 Å². The second-order valence-electron chi connectivity index (χ2n) is 19.4. The second-order valence-corrected chi connectivity index (χ2v) is 20.8. The minimum absolute atomic E-state index is 0.0996. The first-order chi connectivity index (χ1) is 37.2. The number of esters is 3. The van der Waals surface area contributed by atoms with E-state index in [0.717, 1.165) is 122 Å². The fraction of sp³-hybridized carbons (Fsp3) is 0.672. The van der Waals surface area contributed by atoms with Crippen LogP contribution in [0.5, 0.6) is 0 Å². The summed E-state index contributed by atoms with van der Waals surface area (Å²) in [5.41, 5.74) is 0. The molecule has 0 aliphatic heterocycles. The standard InChI is InChI=1S/C64H107O11P/c1-4-7-10-13-16-19-22-25-27-29-30-32-34-37-40-43-46-49-52-55-64(68)75-61(57-71-62(66)53-50-47-44-41-38-35-24-21-18-15-12-9-6-3)59-73-76(69,70)72-58-60(56-65)74-63(67)54-51-48-45-42-39-36-33-31-28-26-23-20-17-14-11-8-5-2/h8-9,11-12,16-21,25-28,35,38,44,47,60-61,65H,4-7,10,13-15,22-24,29-34,36-37,39-43,45-46,48-59H2,1-3H3,(H,69,70)/b11-8-,12-9-,19-16-,20-17-,21-18-,27-25-,28-26-,38-35-,47-44-. The molecule has 0 fully saturated rings. The van der Waals surface area contributed by atoms with Crippen molar-refractivity contribution >= 4 is 25.7 Å². The number of phosphoric ester groups is 1. The zero-order chi connectivity index (χ0) is 55.5. The molecule has 3 unspecified atom stereocenters. The van der Waals surface area contributed by atoms with E-state index in [1.54, 1.807) is 0 Å². The lowest BCUT2D eigenvalue weighted by Gasteiger charge is -2.21. The Labute approximate surface area is 463 Å². The van der Waals surface area contributed by atoms with E-state index in [0.29, 0.717) is 19.3 Å². The van der Waals surface area contributed by atoms with E-state index in [1.807, 2.05) is 12.2 Å². The molecule has 3 atom stereocenters. The number of phosphoric acid groups is 1. The molecule has 0 aromatic heterocycles. The van der Waals surface area contributed by atoms with E-state index in [2.05, 4.69) is 118 Å². The summed E-state index contributed by atoms with van der Waals surface area (Å²) in [6.45, 7) is 4.30. The predicted octanol–water partition coefficient (Wildman–Crippen LogP) is 17.8. The highest BCUT2D eigenvalue weighted by Gasteiger charge is 2.28. The van der Waals surface area contributed by atoms with Crippen LogP contribution in [-0.2, 0) is 42.2 Å². The van der Waals surface area contributed by atoms with Gasteiger partial charge >= 0.3 is 25.7 Å². The van der Waals surface area contributed by atoms with Crippen molar-refractivity contribution in [3.8, 4) is 0 Å². The number of allylic oxidation sites excluding steroid dienone is 18. The average Bonchev–Trinajstić information content (AvgIpc) is 3.41. The minimum atomic E-state index is -4.77. The Bertz CT molecular complexity index is 1690. The topological polar surface area (TPSA) is 155 Å². The maximum Gasteiger partial charge on any atom is 0.472 e. The van der Waals surface area contributed by atoms with Gasteiger partial charge in [-0.25, -0.2) is 4.57 Å². The van der Waals surface area contributed by atoms with Crippen LogP contribution in [0.4, 0.5) is 0 Å². The van der Waals surface area contributed by atoms with E-state index in [4.69, 9.17) is 23.3 Å². The number of ether oxygens (including phenoxy) is 3. The van der Waals surface area contributed by atoms with Crippen LogP contribution in [0.15, 0.2) is 109 Å². The summed E-state index contributed by atoms with van der Waals surface area (Å²) in [5, 5.41) is 9.83. The summed E-state index contributed by atoms with van der Waals surface area (Å²) in [4.78, 5) is 48.6. The van der Waals surface area contributed by atoms with Crippen LogP contribution in [0.1, 0.15) is 239 Å². The van der Waals surface area contributed by atoms with E-state index in [-0.39, 0.29) is 25.9 Å². The van der Waals surface area contributed by atoms with Crippen molar-refractivity contribution in [2.45, 2.75) is 251 Å². The SMILES string of the molecule is CC/C=C\C/C=C\C/C=C\C/C=C\CCC(=O)OCC(COP(=O)(O)OCC(CO)OC(=O)CCCCCCCCC/C=C\C/C=C\C/C=C\CC)OC(=O)CCCCCCCCCCC/C=C\C/C=C\CCCCC. The number of hydrogen-bond acceptors (Lipinski definition) is 10. The Kier molecular flexibility index (Phi) is 54.4. The number of hydrogen-bond donors (Lipinski definition) is 2. The summed E-state index contributed by atoms with van der Waals surface area (Å²) >= 11 is 0. The van der Waals surface area contributed by atoms with Gasteiger partial charge in [-0.15, -0.1) is 0 Å². The lowest BCUT2D eigenvalue weighted by atomic mass is 10.1. The number of rotatable bonds is 54. The van der Waals surface area contributed by atoms with Crippen molar-refractivity contribution in [1.82, 2.24) is 0 Å². The number of unbranched alkanes of at least 4 members (excludes halogenated alkanes) is 19. The minimum Gasteiger partial charge on any atom is -0.462 e. The van der Waals surface area contributed by atoms with Gasteiger partial charge < -0.3 is 24.2 Å². The van der Waals surface area contributed by atoms with Gasteiger partial charge in [-0.05, 0) is 109 Å². The van der Waals surface area contributed by atoms with Gasteiger partial charge in [0.25, 0.3) is 0 Å². The Morgan fingerprint density at radius 2 is 0.711 bits per heavy atom. The molecule has 0 amide bonds. The molecule has 0 aliphatic carbocycles. The molecule has 434 valence electrons. The summed E-state index contributed by atoms with van der Waals surface area (Å²) < 4.78 is 39.5. The Hall–Kier alpha value is -3.86. The predicted molar refractivity (Wildman–Crippen MR) is 316 cm³/mol. The van der Waals surface area contributed by atoms with Crippen LogP contribution in [0, 0.1) is 0 Å². The number of carbonyl (C=O) groups excluding carboxylic acids is 3. The van der Waals surface area contributed by atoms with Gasteiger partial charge in [-0.3, -0.25) is 23.4 Å². The molecule has 76 heavy (non-hydrogen) atoms. The van der Waals surface area contributed by atoms with Gasteiger partial charge in [-0.1, -0.05) is 220 Å². The van der Waals surface area contributed by atoms with Crippen molar-refractivity contribution in [1.29, 1.82) is 0 Å². The zero-order valence-electron chi connectivity index (χ0n) is 47.9. The van der Waals surface area contributed by atoms with Crippen LogP contribution < -0.4 is 0 Å². The van der Waals surface area contributed by atoms with Crippen LogP contribution in [0.2, 0.25) is 0 Å². The lowest BCUT2D eigenvalue weighted by molar-refractivity contribution is -0.161. The molecule has 0 saturated carbocycles. The molecule has 0 aliphatic rings. The monoisotopic (exact) mass is 1080 g/mol. The van der Waals surface area contributed by atoms with Crippen molar-refractivity contribution in [2.75, 3.05) is 26.4 Å². The number of carbonyl (C=O) groups is 3. The fourth-order valence-corrected chi connectivity index (χ4v) is 8.49. The molecule has 0 rings (SSSR count). The van der Waals surface area contributed by atoms with Crippen molar-refractivity contribution in [3.05, 3.63) is 109 Å². The lowest BCUT2D eigenvalue weighted by Crippen LogP contribution is -2.30. The van der Waals surface area contributed by atoms with Crippen molar-refractivity contribution in [2.24, 2.45) is 0 Å². The van der Waals surface area contributed by atoms with Gasteiger partial charge in [0.05, 0.1) is 19.8 Å². The maximum absolute atomic E-state index is 12.9. The Morgan fingerprint density at radius 1 is 0.382 bits per heavy atom. The summed E-state index contributed by atoms with van der Waals surface area (Å²) in [6.07, 6.45) is 69.2. The molecule has 0 spiro atoms. The molecule has 0 radical (unpaired) electrons. The van der Waals surface area contributed by atoms with Crippen LogP contribution in [-0.4, -0.2) is 66.5 Å². The van der Waals surface area contributed by atoms with Crippen molar-refractivity contribution < 1.29 is 52.2 Å². The number of aliphatic hydroxyl groups is 1. The molecule has 0 heterocycles. The zero-order valence-corrected chi connectivity index (χ0v) is 48.8. The highest BCUT2D eigenvalue weighted by atomic mass is 31.2. The molecule has 0 aromatic carbocycles. The van der Waals surface area contributed by atoms with Crippen LogP contribution >= 0.6 is 7.82 Å².